The first-order valence-corrected chi connectivity index (χ1v) is 5.92. The maximum absolute atomic E-state index is 11.8. The number of carbonyl (C=O) groups excluding carboxylic acids is 1. The molecule has 0 aliphatic heterocycles. The topological polar surface area (TPSA) is 75.3 Å². The summed E-state index contributed by atoms with van der Waals surface area (Å²) < 4.78 is 0. The van der Waals surface area contributed by atoms with Crippen LogP contribution in [-0.2, 0) is 6.42 Å². The monoisotopic (exact) mass is 236 g/mol. The molecule has 1 amide bonds. The lowest BCUT2D eigenvalue weighted by Gasteiger charge is -2.14. The van der Waals surface area contributed by atoms with Crippen LogP contribution in [0.4, 0.5) is 0 Å². The second-order valence-electron chi connectivity index (χ2n) is 4.00. The van der Waals surface area contributed by atoms with Gasteiger partial charge in [0.15, 0.2) is 0 Å². The van der Waals surface area contributed by atoms with Crippen molar-refractivity contribution in [3.63, 3.8) is 0 Å². The van der Waals surface area contributed by atoms with Crippen LogP contribution < -0.4 is 11.1 Å². The van der Waals surface area contributed by atoms with Gasteiger partial charge in [-0.1, -0.05) is 19.1 Å². The van der Waals surface area contributed by atoms with Crippen molar-refractivity contribution in [2.75, 3.05) is 13.2 Å². The third kappa shape index (κ3) is 4.17. The molecule has 0 bridgehead atoms. The van der Waals surface area contributed by atoms with Crippen molar-refractivity contribution >= 4 is 5.91 Å². The lowest BCUT2D eigenvalue weighted by molar-refractivity contribution is 0.0915. The van der Waals surface area contributed by atoms with E-state index in [0.717, 1.165) is 12.0 Å². The molecule has 0 heterocycles. The number of nitrogens with two attached hydrogens (primary N) is 1. The third-order valence-electron chi connectivity index (χ3n) is 2.70. The van der Waals surface area contributed by atoms with E-state index >= 15 is 0 Å². The Kier molecular flexibility index (Phi) is 5.66. The van der Waals surface area contributed by atoms with Gasteiger partial charge in [0.25, 0.3) is 5.91 Å². The zero-order valence-corrected chi connectivity index (χ0v) is 10.1. The normalized spacial score (nSPS) is 12.2. The number of hydrogen-bond acceptors (Lipinski definition) is 3. The van der Waals surface area contributed by atoms with E-state index in [-0.39, 0.29) is 18.6 Å². The molecule has 0 aromatic heterocycles. The smallest absolute Gasteiger partial charge is 0.251 e. The predicted molar refractivity (Wildman–Crippen MR) is 67.8 cm³/mol. The van der Waals surface area contributed by atoms with Crippen LogP contribution in [0.25, 0.3) is 0 Å². The van der Waals surface area contributed by atoms with E-state index in [9.17, 15) is 4.79 Å². The quantitative estimate of drug-likeness (QED) is 0.680. The van der Waals surface area contributed by atoms with Crippen molar-refractivity contribution < 1.29 is 9.90 Å². The Bertz CT molecular complexity index is 345. The fraction of sp³-hybridized carbons (Fsp3) is 0.462. The molecule has 1 atom stereocenters. The second-order valence-corrected chi connectivity index (χ2v) is 4.00. The summed E-state index contributed by atoms with van der Waals surface area (Å²) in [5, 5.41) is 11.8. The van der Waals surface area contributed by atoms with Crippen molar-refractivity contribution in [3.05, 3.63) is 35.4 Å². The van der Waals surface area contributed by atoms with Crippen LogP contribution in [0.1, 0.15) is 29.3 Å². The molecule has 0 spiro atoms. The van der Waals surface area contributed by atoms with Gasteiger partial charge in [-0.25, -0.2) is 0 Å². The summed E-state index contributed by atoms with van der Waals surface area (Å²) >= 11 is 0. The molecule has 1 aromatic carbocycles. The van der Waals surface area contributed by atoms with Crippen LogP contribution in [0.15, 0.2) is 24.3 Å². The summed E-state index contributed by atoms with van der Waals surface area (Å²) in [6, 6.07) is 7.20. The van der Waals surface area contributed by atoms with Crippen molar-refractivity contribution in [2.24, 2.45) is 5.73 Å². The molecule has 1 unspecified atom stereocenters. The van der Waals surface area contributed by atoms with E-state index in [1.54, 1.807) is 12.1 Å². The standard InChI is InChI=1S/C13H20N2O2/c1-2-12(9-16)15-13(17)11-5-3-10(4-6-11)7-8-14/h3-6,12,16H,2,7-9,14H2,1H3,(H,15,17). The number of aliphatic hydroxyl groups is 1. The first-order valence-electron chi connectivity index (χ1n) is 5.92. The minimum absolute atomic E-state index is 0.0342. The maximum atomic E-state index is 11.8. The van der Waals surface area contributed by atoms with Crippen LogP contribution >= 0.6 is 0 Å². The van der Waals surface area contributed by atoms with Gasteiger partial charge in [0.05, 0.1) is 12.6 Å². The Hall–Kier alpha value is -1.39. The van der Waals surface area contributed by atoms with E-state index in [0.29, 0.717) is 18.5 Å². The number of carbonyl (C=O) groups is 1. The molecule has 0 radical (unpaired) electrons. The summed E-state index contributed by atoms with van der Waals surface area (Å²) in [5.41, 5.74) is 7.19. The predicted octanol–water partition coefficient (Wildman–Crippen LogP) is 0.689. The van der Waals surface area contributed by atoms with Gasteiger partial charge in [0, 0.05) is 5.56 Å². The molecule has 17 heavy (non-hydrogen) atoms. The van der Waals surface area contributed by atoms with Gasteiger partial charge in [-0.2, -0.15) is 0 Å². The van der Waals surface area contributed by atoms with Crippen LogP contribution in [0.3, 0.4) is 0 Å². The van der Waals surface area contributed by atoms with Crippen LogP contribution in [-0.4, -0.2) is 30.2 Å². The maximum Gasteiger partial charge on any atom is 0.251 e. The number of aliphatic hydroxyl groups excluding tert-OH is 1. The van der Waals surface area contributed by atoms with Crippen LogP contribution in [0, 0.1) is 0 Å². The van der Waals surface area contributed by atoms with Gasteiger partial charge in [0.2, 0.25) is 0 Å². The van der Waals surface area contributed by atoms with Gasteiger partial charge in [-0.3, -0.25) is 4.79 Å². The Morgan fingerprint density at radius 1 is 1.41 bits per heavy atom. The van der Waals surface area contributed by atoms with E-state index in [2.05, 4.69) is 5.32 Å². The summed E-state index contributed by atoms with van der Waals surface area (Å²) in [7, 11) is 0. The van der Waals surface area contributed by atoms with E-state index in [4.69, 9.17) is 10.8 Å². The lowest BCUT2D eigenvalue weighted by Crippen LogP contribution is -2.36. The number of hydrogen-bond donors (Lipinski definition) is 3. The fourth-order valence-electron chi connectivity index (χ4n) is 1.53. The highest BCUT2D eigenvalue weighted by molar-refractivity contribution is 5.94. The number of benzene rings is 1. The first kappa shape index (κ1) is 13.7. The Morgan fingerprint density at radius 3 is 2.53 bits per heavy atom. The Labute approximate surface area is 102 Å². The minimum Gasteiger partial charge on any atom is -0.394 e. The summed E-state index contributed by atoms with van der Waals surface area (Å²) in [5.74, 6) is -0.148. The van der Waals surface area contributed by atoms with E-state index < -0.39 is 0 Å². The third-order valence-corrected chi connectivity index (χ3v) is 2.70. The van der Waals surface area contributed by atoms with E-state index in [1.807, 2.05) is 19.1 Å². The summed E-state index contributed by atoms with van der Waals surface area (Å²) in [4.78, 5) is 11.8. The highest BCUT2D eigenvalue weighted by atomic mass is 16.3. The molecule has 0 fully saturated rings. The van der Waals surface area contributed by atoms with Crippen molar-refractivity contribution in [2.45, 2.75) is 25.8 Å². The molecular weight excluding hydrogens is 216 g/mol. The Morgan fingerprint density at radius 2 is 2.06 bits per heavy atom. The van der Waals surface area contributed by atoms with Crippen molar-refractivity contribution in [1.29, 1.82) is 0 Å². The molecule has 4 heteroatoms. The molecular formula is C13H20N2O2. The SMILES string of the molecule is CCC(CO)NC(=O)c1ccc(CCN)cc1. The molecule has 0 aliphatic carbocycles. The average molecular weight is 236 g/mol. The molecule has 4 nitrogen and oxygen atoms in total. The highest BCUT2D eigenvalue weighted by Crippen LogP contribution is 2.05. The average Bonchev–Trinajstić information content (AvgIpc) is 2.37. The molecule has 0 saturated heterocycles. The second kappa shape index (κ2) is 7.04. The zero-order chi connectivity index (χ0) is 12.7. The largest absolute Gasteiger partial charge is 0.394 e. The Balaban J connectivity index is 2.63. The van der Waals surface area contributed by atoms with Crippen molar-refractivity contribution in [1.82, 2.24) is 5.32 Å². The molecule has 94 valence electrons. The number of amides is 1. The molecule has 1 rings (SSSR count). The first-order chi connectivity index (χ1) is 8.21. The molecule has 0 saturated carbocycles. The highest BCUT2D eigenvalue weighted by Gasteiger charge is 2.10. The van der Waals surface area contributed by atoms with Gasteiger partial charge in [-0.05, 0) is 37.1 Å². The van der Waals surface area contributed by atoms with Crippen LogP contribution in [0.5, 0.6) is 0 Å². The molecule has 1 aromatic rings. The summed E-state index contributed by atoms with van der Waals surface area (Å²) in [6.07, 6.45) is 1.53. The van der Waals surface area contributed by atoms with Gasteiger partial charge < -0.3 is 16.2 Å². The molecule has 4 N–H and O–H groups in total. The van der Waals surface area contributed by atoms with Gasteiger partial charge in [0.1, 0.15) is 0 Å². The molecule has 0 aliphatic rings. The summed E-state index contributed by atoms with van der Waals surface area (Å²) in [6.45, 7) is 2.49. The fourth-order valence-corrected chi connectivity index (χ4v) is 1.53. The van der Waals surface area contributed by atoms with Gasteiger partial charge >= 0.3 is 0 Å². The number of rotatable bonds is 6. The van der Waals surface area contributed by atoms with E-state index in [1.165, 1.54) is 0 Å². The number of nitrogens with one attached hydrogen (secondary N) is 1. The van der Waals surface area contributed by atoms with Gasteiger partial charge in [-0.15, -0.1) is 0 Å². The lowest BCUT2D eigenvalue weighted by atomic mass is 10.1. The van der Waals surface area contributed by atoms with Crippen molar-refractivity contribution in [3.8, 4) is 0 Å². The minimum atomic E-state index is -0.175. The van der Waals surface area contributed by atoms with Crippen LogP contribution in [0.2, 0.25) is 0 Å². The zero-order valence-electron chi connectivity index (χ0n) is 10.1.